The van der Waals surface area contributed by atoms with E-state index in [0.717, 1.165) is 4.90 Å². The Morgan fingerprint density at radius 2 is 1.79 bits per heavy atom. The molecule has 0 aliphatic carbocycles. The molecule has 8 nitrogen and oxygen atoms in total. The number of benzene rings is 2. The van der Waals surface area contributed by atoms with E-state index < -0.39 is 29.9 Å². The zero-order chi connectivity index (χ0) is 21.1. The van der Waals surface area contributed by atoms with Crippen molar-refractivity contribution in [2.75, 3.05) is 4.90 Å². The summed E-state index contributed by atoms with van der Waals surface area (Å²) in [7, 11) is 0. The second kappa shape index (κ2) is 8.15. The minimum atomic E-state index is -1.17. The quantitative estimate of drug-likeness (QED) is 0.574. The Kier molecular flexibility index (Phi) is 5.65. The van der Waals surface area contributed by atoms with Crippen LogP contribution in [0.1, 0.15) is 12.5 Å². The normalized spacial score (nSPS) is 16.6. The summed E-state index contributed by atoms with van der Waals surface area (Å²) < 4.78 is 5.38. The number of anilines is 1. The fraction of sp³-hybridized carbons (Fsp3) is 0.100. The first kappa shape index (κ1) is 20.1. The molecular weight excluding hydrogens is 400 g/mol. The number of carbonyl (C=O) groups is 4. The Labute approximate surface area is 170 Å². The maximum Gasteiger partial charge on any atom is 0.344 e. The third-order valence-electron chi connectivity index (χ3n) is 4.06. The third-order valence-corrected chi connectivity index (χ3v) is 4.31. The molecule has 4 amide bonds. The molecule has 0 aromatic heterocycles. The number of imide groups is 2. The highest BCUT2D eigenvalue weighted by atomic mass is 35.5. The molecule has 3 rings (SSSR count). The number of nitrogens with zero attached hydrogens (tertiary/aromatic N) is 1. The summed E-state index contributed by atoms with van der Waals surface area (Å²) in [4.78, 5) is 49.3. The van der Waals surface area contributed by atoms with Crippen molar-refractivity contribution in [3.63, 3.8) is 0 Å². The summed E-state index contributed by atoms with van der Waals surface area (Å²) in [6.07, 6.45) is 0.106. The van der Waals surface area contributed by atoms with Crippen LogP contribution >= 0.6 is 11.6 Å². The minimum Gasteiger partial charge on any atom is -0.479 e. The lowest BCUT2D eigenvalue weighted by atomic mass is 10.1. The lowest BCUT2D eigenvalue weighted by molar-refractivity contribution is -0.144. The highest BCUT2D eigenvalue weighted by Crippen LogP contribution is 2.26. The van der Waals surface area contributed by atoms with Gasteiger partial charge in [-0.05, 0) is 43.3 Å². The van der Waals surface area contributed by atoms with E-state index in [1.807, 2.05) is 0 Å². The van der Waals surface area contributed by atoms with Crippen molar-refractivity contribution >= 4 is 47.2 Å². The van der Waals surface area contributed by atoms with Gasteiger partial charge in [-0.2, -0.15) is 0 Å². The van der Waals surface area contributed by atoms with Crippen LogP contribution in [0, 0.1) is 0 Å². The number of hydrogen-bond donors (Lipinski definition) is 2. The number of carbonyl (C=O) groups excluding carboxylic acids is 3. The van der Waals surface area contributed by atoms with Crippen molar-refractivity contribution < 1.29 is 29.0 Å². The number of ether oxygens (including phenoxy) is 1. The molecule has 1 atom stereocenters. The van der Waals surface area contributed by atoms with Crippen molar-refractivity contribution in [3.05, 3.63) is 64.7 Å². The molecule has 29 heavy (non-hydrogen) atoms. The second-order valence-electron chi connectivity index (χ2n) is 6.07. The number of amides is 4. The predicted octanol–water partition coefficient (Wildman–Crippen LogP) is 2.86. The Balaban J connectivity index is 1.99. The van der Waals surface area contributed by atoms with Crippen LogP contribution in [-0.2, 0) is 14.4 Å². The molecule has 0 bridgehead atoms. The standard InChI is InChI=1S/C20H15ClN2O6/c1-11(19(26)27)29-16-5-3-2-4-12(16)10-15-17(24)22-20(28)23(18(15)25)14-8-6-13(21)7-9-14/h2-11H,1H3,(H,26,27)(H,22,24,28)/b15-10+/t11-/m0/s1. The topological polar surface area (TPSA) is 113 Å². The number of nitrogens with one attached hydrogen (secondary N) is 1. The number of carboxylic acid groups (broad SMARTS) is 1. The van der Waals surface area contributed by atoms with E-state index in [-0.39, 0.29) is 17.0 Å². The summed E-state index contributed by atoms with van der Waals surface area (Å²) in [5, 5.41) is 11.6. The molecule has 0 saturated carbocycles. The lowest BCUT2D eigenvalue weighted by Gasteiger charge is -2.26. The van der Waals surface area contributed by atoms with Gasteiger partial charge >= 0.3 is 12.0 Å². The SMILES string of the molecule is C[C@H](Oc1ccccc1/C=C1\C(=O)NC(=O)N(c2ccc(Cl)cc2)C1=O)C(=O)O. The van der Waals surface area contributed by atoms with Gasteiger partial charge in [0.05, 0.1) is 5.69 Å². The number of hydrogen-bond acceptors (Lipinski definition) is 5. The molecular formula is C20H15ClN2O6. The van der Waals surface area contributed by atoms with Crippen LogP contribution in [-0.4, -0.2) is 35.0 Å². The highest BCUT2D eigenvalue weighted by molar-refractivity contribution is 6.39. The fourth-order valence-electron chi connectivity index (χ4n) is 2.59. The van der Waals surface area contributed by atoms with Gasteiger partial charge in [0, 0.05) is 10.6 Å². The second-order valence-corrected chi connectivity index (χ2v) is 6.51. The summed E-state index contributed by atoms with van der Waals surface area (Å²) in [5.74, 6) is -2.70. The van der Waals surface area contributed by atoms with E-state index in [1.165, 1.54) is 43.3 Å². The van der Waals surface area contributed by atoms with Gasteiger partial charge in [-0.1, -0.05) is 29.8 Å². The van der Waals surface area contributed by atoms with Crippen LogP contribution in [0.5, 0.6) is 5.75 Å². The summed E-state index contributed by atoms with van der Waals surface area (Å²) >= 11 is 5.84. The first-order valence-electron chi connectivity index (χ1n) is 8.43. The average Bonchev–Trinajstić information content (AvgIpc) is 2.67. The summed E-state index contributed by atoms with van der Waals surface area (Å²) in [6.45, 7) is 1.35. The smallest absolute Gasteiger partial charge is 0.344 e. The van der Waals surface area contributed by atoms with Crippen molar-refractivity contribution in [1.82, 2.24) is 5.32 Å². The lowest BCUT2D eigenvalue weighted by Crippen LogP contribution is -2.54. The van der Waals surface area contributed by atoms with E-state index in [4.69, 9.17) is 21.4 Å². The number of rotatable bonds is 5. The molecule has 2 aromatic carbocycles. The molecule has 1 heterocycles. The summed E-state index contributed by atoms with van der Waals surface area (Å²) in [5.41, 5.74) is 0.238. The van der Waals surface area contributed by atoms with Gasteiger partial charge in [0.2, 0.25) is 0 Å². The van der Waals surface area contributed by atoms with Crippen molar-refractivity contribution in [1.29, 1.82) is 0 Å². The first-order valence-corrected chi connectivity index (χ1v) is 8.81. The van der Waals surface area contributed by atoms with E-state index in [9.17, 15) is 19.2 Å². The number of halogens is 1. The van der Waals surface area contributed by atoms with Crippen LogP contribution in [0.4, 0.5) is 10.5 Å². The molecule has 0 radical (unpaired) electrons. The van der Waals surface area contributed by atoms with Crippen molar-refractivity contribution in [3.8, 4) is 5.75 Å². The Bertz CT molecular complexity index is 1030. The minimum absolute atomic E-state index is 0.172. The van der Waals surface area contributed by atoms with Crippen LogP contribution < -0.4 is 15.0 Å². The number of urea groups is 1. The van der Waals surface area contributed by atoms with Gasteiger partial charge in [0.25, 0.3) is 11.8 Å². The predicted molar refractivity (Wildman–Crippen MR) is 105 cm³/mol. The number of barbiturate groups is 1. The van der Waals surface area contributed by atoms with Crippen LogP contribution in [0.3, 0.4) is 0 Å². The largest absolute Gasteiger partial charge is 0.479 e. The molecule has 2 N–H and O–H groups in total. The first-order chi connectivity index (χ1) is 13.8. The van der Waals surface area contributed by atoms with Gasteiger partial charge < -0.3 is 9.84 Å². The average molecular weight is 415 g/mol. The van der Waals surface area contributed by atoms with Crippen LogP contribution in [0.2, 0.25) is 5.02 Å². The zero-order valence-electron chi connectivity index (χ0n) is 15.1. The van der Waals surface area contributed by atoms with E-state index >= 15 is 0 Å². The van der Waals surface area contributed by atoms with Gasteiger partial charge in [-0.25, -0.2) is 14.5 Å². The van der Waals surface area contributed by atoms with Crippen LogP contribution in [0.15, 0.2) is 54.1 Å². The van der Waals surface area contributed by atoms with Crippen molar-refractivity contribution in [2.45, 2.75) is 13.0 Å². The summed E-state index contributed by atoms with van der Waals surface area (Å²) in [6, 6.07) is 11.4. The fourth-order valence-corrected chi connectivity index (χ4v) is 2.71. The highest BCUT2D eigenvalue weighted by Gasteiger charge is 2.37. The van der Waals surface area contributed by atoms with E-state index in [2.05, 4.69) is 5.32 Å². The number of aliphatic carboxylic acids is 1. The Morgan fingerprint density at radius 1 is 1.14 bits per heavy atom. The number of para-hydroxylation sites is 1. The molecule has 1 fully saturated rings. The third kappa shape index (κ3) is 4.27. The van der Waals surface area contributed by atoms with E-state index in [1.54, 1.807) is 18.2 Å². The van der Waals surface area contributed by atoms with Gasteiger partial charge in [0.15, 0.2) is 6.10 Å². The molecule has 2 aromatic rings. The number of carboxylic acids is 1. The van der Waals surface area contributed by atoms with Gasteiger partial charge in [0.1, 0.15) is 11.3 Å². The molecule has 1 aliphatic rings. The Morgan fingerprint density at radius 3 is 2.45 bits per heavy atom. The maximum absolute atomic E-state index is 12.9. The maximum atomic E-state index is 12.9. The molecule has 1 aliphatic heterocycles. The zero-order valence-corrected chi connectivity index (χ0v) is 15.8. The molecule has 148 valence electrons. The van der Waals surface area contributed by atoms with Crippen molar-refractivity contribution in [2.24, 2.45) is 0 Å². The Hall–Kier alpha value is -3.65. The molecule has 0 unspecified atom stereocenters. The van der Waals surface area contributed by atoms with Crippen LogP contribution in [0.25, 0.3) is 6.08 Å². The monoisotopic (exact) mass is 414 g/mol. The molecule has 9 heteroatoms. The van der Waals surface area contributed by atoms with Gasteiger partial charge in [-0.3, -0.25) is 14.9 Å². The van der Waals surface area contributed by atoms with Gasteiger partial charge in [-0.15, -0.1) is 0 Å². The molecule has 0 spiro atoms. The van der Waals surface area contributed by atoms with E-state index in [0.29, 0.717) is 10.6 Å². The molecule has 1 saturated heterocycles.